The first kappa shape index (κ1) is 22.1. The summed E-state index contributed by atoms with van der Waals surface area (Å²) in [6.07, 6.45) is -4.31. The standard InChI is InChI=1S/C20H26F3N5O2/c1-13(2)18-26-17(30-27-18)7-8-25-19(24-3)28-9-10-29-16(12-28)14-5-4-6-15(11-14)20(21,22)23/h4-6,11,13,16H,7-10,12H2,1-3H3,(H,24,25). The molecule has 0 spiro atoms. The van der Waals surface area contributed by atoms with E-state index in [1.54, 1.807) is 13.1 Å². The number of morpholine rings is 1. The highest BCUT2D eigenvalue weighted by atomic mass is 19.4. The predicted molar refractivity (Wildman–Crippen MR) is 105 cm³/mol. The third-order valence-electron chi connectivity index (χ3n) is 4.79. The molecule has 0 aliphatic carbocycles. The first-order valence-electron chi connectivity index (χ1n) is 9.84. The lowest BCUT2D eigenvalue weighted by Crippen LogP contribution is -2.48. The number of halogens is 3. The molecule has 3 rings (SSSR count). The summed E-state index contributed by atoms with van der Waals surface area (Å²) in [5, 5.41) is 7.19. The quantitative estimate of drug-likeness (QED) is 0.585. The van der Waals surface area contributed by atoms with Crippen molar-refractivity contribution in [3.63, 3.8) is 0 Å². The minimum atomic E-state index is -4.38. The number of aromatic nitrogens is 2. The van der Waals surface area contributed by atoms with Gasteiger partial charge in [-0.3, -0.25) is 4.99 Å². The van der Waals surface area contributed by atoms with E-state index < -0.39 is 17.8 Å². The molecule has 0 radical (unpaired) electrons. The van der Waals surface area contributed by atoms with Gasteiger partial charge in [-0.2, -0.15) is 18.2 Å². The molecular weight excluding hydrogens is 399 g/mol. The number of rotatable bonds is 5. The van der Waals surface area contributed by atoms with Gasteiger partial charge in [0.15, 0.2) is 11.8 Å². The smallest absolute Gasteiger partial charge is 0.370 e. The molecule has 1 saturated heterocycles. The summed E-state index contributed by atoms with van der Waals surface area (Å²) < 4.78 is 50.0. The number of benzene rings is 1. The second kappa shape index (κ2) is 9.46. The molecule has 0 amide bonds. The van der Waals surface area contributed by atoms with Crippen LogP contribution in [0.15, 0.2) is 33.8 Å². The molecule has 1 N–H and O–H groups in total. The molecule has 30 heavy (non-hydrogen) atoms. The fraction of sp³-hybridized carbons (Fsp3) is 0.550. The van der Waals surface area contributed by atoms with Crippen molar-refractivity contribution in [3.8, 4) is 0 Å². The third kappa shape index (κ3) is 5.50. The Bertz CT molecular complexity index is 866. The molecule has 0 bridgehead atoms. The van der Waals surface area contributed by atoms with Crippen LogP contribution in [-0.4, -0.2) is 54.3 Å². The van der Waals surface area contributed by atoms with E-state index in [0.717, 1.165) is 12.1 Å². The van der Waals surface area contributed by atoms with Crippen LogP contribution in [0.1, 0.15) is 48.7 Å². The fourth-order valence-corrected chi connectivity index (χ4v) is 3.18. The van der Waals surface area contributed by atoms with Gasteiger partial charge in [-0.25, -0.2) is 0 Å². The van der Waals surface area contributed by atoms with Gasteiger partial charge < -0.3 is 19.5 Å². The van der Waals surface area contributed by atoms with Crippen molar-refractivity contribution in [2.24, 2.45) is 4.99 Å². The Hall–Kier alpha value is -2.62. The maximum atomic E-state index is 13.0. The zero-order valence-corrected chi connectivity index (χ0v) is 17.2. The van der Waals surface area contributed by atoms with Crippen LogP contribution in [0.2, 0.25) is 0 Å². The molecule has 7 nitrogen and oxygen atoms in total. The molecule has 0 saturated carbocycles. The maximum Gasteiger partial charge on any atom is 0.416 e. The molecule has 1 unspecified atom stereocenters. The highest BCUT2D eigenvalue weighted by Crippen LogP contribution is 2.32. The van der Waals surface area contributed by atoms with E-state index in [1.165, 1.54) is 6.07 Å². The summed E-state index contributed by atoms with van der Waals surface area (Å²) in [5.41, 5.74) is -0.180. The number of nitrogens with zero attached hydrogens (tertiary/aromatic N) is 4. The molecule has 1 aliphatic rings. The lowest BCUT2D eigenvalue weighted by molar-refractivity contribution is -0.137. The van der Waals surface area contributed by atoms with Gasteiger partial charge in [-0.15, -0.1) is 0 Å². The Morgan fingerprint density at radius 1 is 1.37 bits per heavy atom. The van der Waals surface area contributed by atoms with E-state index in [0.29, 0.717) is 55.9 Å². The second-order valence-corrected chi connectivity index (χ2v) is 7.35. The van der Waals surface area contributed by atoms with Crippen LogP contribution in [0.4, 0.5) is 13.2 Å². The molecular formula is C20H26F3N5O2. The number of ether oxygens (including phenoxy) is 1. The summed E-state index contributed by atoms with van der Waals surface area (Å²) in [7, 11) is 1.67. The van der Waals surface area contributed by atoms with Crippen molar-refractivity contribution < 1.29 is 22.4 Å². The zero-order chi connectivity index (χ0) is 21.7. The molecule has 2 heterocycles. The van der Waals surface area contributed by atoms with Gasteiger partial charge in [-0.1, -0.05) is 31.1 Å². The van der Waals surface area contributed by atoms with E-state index >= 15 is 0 Å². The number of hydrogen-bond donors (Lipinski definition) is 1. The SMILES string of the molecule is CN=C(NCCc1nc(C(C)C)no1)N1CCOC(c2cccc(C(F)(F)F)c2)C1. The first-order chi connectivity index (χ1) is 14.3. The number of guanidine groups is 1. The Labute approximate surface area is 173 Å². The first-order valence-corrected chi connectivity index (χ1v) is 9.84. The van der Waals surface area contributed by atoms with E-state index in [-0.39, 0.29) is 5.92 Å². The van der Waals surface area contributed by atoms with Crippen LogP contribution in [0, 0.1) is 0 Å². The van der Waals surface area contributed by atoms with Crippen molar-refractivity contribution in [2.45, 2.75) is 38.5 Å². The van der Waals surface area contributed by atoms with E-state index in [1.807, 2.05) is 18.7 Å². The van der Waals surface area contributed by atoms with Crippen LogP contribution < -0.4 is 5.32 Å². The highest BCUT2D eigenvalue weighted by Gasteiger charge is 2.32. The molecule has 1 aliphatic heterocycles. The number of nitrogens with one attached hydrogen (secondary N) is 1. The van der Waals surface area contributed by atoms with Crippen molar-refractivity contribution in [1.82, 2.24) is 20.4 Å². The van der Waals surface area contributed by atoms with Gasteiger partial charge in [0, 0.05) is 32.5 Å². The Morgan fingerprint density at radius 3 is 2.83 bits per heavy atom. The predicted octanol–water partition coefficient (Wildman–Crippen LogP) is 3.40. The summed E-state index contributed by atoms with van der Waals surface area (Å²) in [6, 6.07) is 5.27. The van der Waals surface area contributed by atoms with Crippen LogP contribution in [0.5, 0.6) is 0 Å². The number of alkyl halides is 3. The second-order valence-electron chi connectivity index (χ2n) is 7.35. The Balaban J connectivity index is 1.59. The van der Waals surface area contributed by atoms with Gasteiger partial charge in [-0.05, 0) is 17.7 Å². The molecule has 1 aromatic carbocycles. The normalized spacial score (nSPS) is 18.2. The summed E-state index contributed by atoms with van der Waals surface area (Å²) in [5.74, 6) is 2.07. The Morgan fingerprint density at radius 2 is 2.17 bits per heavy atom. The summed E-state index contributed by atoms with van der Waals surface area (Å²) >= 11 is 0. The van der Waals surface area contributed by atoms with Crippen LogP contribution >= 0.6 is 0 Å². The molecule has 10 heteroatoms. The average molecular weight is 425 g/mol. The largest absolute Gasteiger partial charge is 0.416 e. The van der Waals surface area contributed by atoms with E-state index in [2.05, 4.69) is 20.4 Å². The minimum Gasteiger partial charge on any atom is -0.370 e. The van der Waals surface area contributed by atoms with Gasteiger partial charge in [0.1, 0.15) is 6.10 Å². The molecule has 1 aromatic heterocycles. The molecule has 164 valence electrons. The molecule has 2 aromatic rings. The van der Waals surface area contributed by atoms with Gasteiger partial charge in [0.05, 0.1) is 18.7 Å². The van der Waals surface area contributed by atoms with Crippen molar-refractivity contribution >= 4 is 5.96 Å². The van der Waals surface area contributed by atoms with Crippen molar-refractivity contribution in [1.29, 1.82) is 0 Å². The molecule has 1 atom stereocenters. The summed E-state index contributed by atoms with van der Waals surface area (Å²) in [6.45, 7) is 5.91. The monoisotopic (exact) mass is 425 g/mol. The van der Waals surface area contributed by atoms with Crippen LogP contribution in [0.25, 0.3) is 0 Å². The topological polar surface area (TPSA) is 75.8 Å². The van der Waals surface area contributed by atoms with Gasteiger partial charge in [0.25, 0.3) is 0 Å². The highest BCUT2D eigenvalue weighted by molar-refractivity contribution is 5.80. The van der Waals surface area contributed by atoms with Gasteiger partial charge >= 0.3 is 6.18 Å². The van der Waals surface area contributed by atoms with Gasteiger partial charge in [0.2, 0.25) is 5.89 Å². The lowest BCUT2D eigenvalue weighted by Gasteiger charge is -2.35. The Kier molecular flexibility index (Phi) is 6.96. The third-order valence-corrected chi connectivity index (χ3v) is 4.79. The number of aliphatic imine (C=N–C) groups is 1. The van der Waals surface area contributed by atoms with E-state index in [4.69, 9.17) is 9.26 Å². The van der Waals surface area contributed by atoms with Crippen molar-refractivity contribution in [3.05, 3.63) is 47.1 Å². The average Bonchev–Trinajstić information content (AvgIpc) is 3.20. The lowest BCUT2D eigenvalue weighted by atomic mass is 10.0. The minimum absolute atomic E-state index is 0.198. The molecule has 1 fully saturated rings. The fourth-order valence-electron chi connectivity index (χ4n) is 3.18. The van der Waals surface area contributed by atoms with Crippen LogP contribution in [0.3, 0.4) is 0 Å². The van der Waals surface area contributed by atoms with Crippen molar-refractivity contribution in [2.75, 3.05) is 33.3 Å². The maximum absolute atomic E-state index is 13.0. The van der Waals surface area contributed by atoms with Crippen LogP contribution in [-0.2, 0) is 17.3 Å². The number of hydrogen-bond acceptors (Lipinski definition) is 5. The zero-order valence-electron chi connectivity index (χ0n) is 17.2. The van der Waals surface area contributed by atoms with E-state index in [9.17, 15) is 13.2 Å². The summed E-state index contributed by atoms with van der Waals surface area (Å²) in [4.78, 5) is 10.6.